The highest BCUT2D eigenvalue weighted by Gasteiger charge is 2.23. The zero-order chi connectivity index (χ0) is 16.5. The van der Waals surface area contributed by atoms with Gasteiger partial charge < -0.3 is 19.6 Å². The van der Waals surface area contributed by atoms with Crippen LogP contribution in [0.3, 0.4) is 0 Å². The molecule has 0 saturated carbocycles. The van der Waals surface area contributed by atoms with Gasteiger partial charge in [0.15, 0.2) is 0 Å². The fraction of sp³-hybridized carbons (Fsp3) is 0.750. The largest absolute Gasteiger partial charge is 0.508 e. The second-order valence-electron chi connectivity index (χ2n) is 4.41. The Kier molecular flexibility index (Phi) is 17.4. The van der Waals surface area contributed by atoms with E-state index < -0.39 is 6.16 Å². The van der Waals surface area contributed by atoms with Crippen LogP contribution in [0.25, 0.3) is 0 Å². The maximum absolute atomic E-state index is 11.1. The Labute approximate surface area is 129 Å². The van der Waals surface area contributed by atoms with E-state index in [4.69, 9.17) is 4.74 Å². The van der Waals surface area contributed by atoms with Gasteiger partial charge in [-0.3, -0.25) is 0 Å². The summed E-state index contributed by atoms with van der Waals surface area (Å²) in [5.41, 5.74) is 0. The van der Waals surface area contributed by atoms with Crippen molar-refractivity contribution in [1.82, 2.24) is 5.32 Å². The maximum atomic E-state index is 11.1. The molecule has 21 heavy (non-hydrogen) atoms. The summed E-state index contributed by atoms with van der Waals surface area (Å²) in [7, 11) is 5.03. The van der Waals surface area contributed by atoms with Gasteiger partial charge in [0, 0.05) is 12.3 Å². The van der Waals surface area contributed by atoms with Crippen molar-refractivity contribution in [2.75, 3.05) is 21.2 Å². The van der Waals surface area contributed by atoms with E-state index in [1.54, 1.807) is 0 Å². The van der Waals surface area contributed by atoms with E-state index in [1.807, 2.05) is 40.1 Å². The van der Waals surface area contributed by atoms with Crippen molar-refractivity contribution < 1.29 is 19.1 Å². The van der Waals surface area contributed by atoms with Gasteiger partial charge in [0.25, 0.3) is 0 Å². The first-order chi connectivity index (χ1) is 10.2. The number of allylic oxidation sites excluding steroid dienone is 1. The summed E-state index contributed by atoms with van der Waals surface area (Å²) in [6, 6.07) is 0. The molecule has 2 unspecified atom stereocenters. The van der Waals surface area contributed by atoms with Crippen molar-refractivity contribution in [1.29, 1.82) is 0 Å². The van der Waals surface area contributed by atoms with Gasteiger partial charge in [0.2, 0.25) is 0 Å². The van der Waals surface area contributed by atoms with Gasteiger partial charge in [-0.25, -0.2) is 4.79 Å². The summed E-state index contributed by atoms with van der Waals surface area (Å²) in [6.45, 7) is 4.00. The molecule has 0 aromatic rings. The number of ether oxygens (including phenoxy) is 2. The van der Waals surface area contributed by atoms with Crippen LogP contribution in [-0.4, -0.2) is 39.8 Å². The molecule has 0 spiro atoms. The Morgan fingerprint density at radius 3 is 2.48 bits per heavy atom. The van der Waals surface area contributed by atoms with E-state index >= 15 is 0 Å². The van der Waals surface area contributed by atoms with E-state index in [2.05, 4.69) is 10.1 Å². The molecule has 0 saturated heterocycles. The molecule has 0 heterocycles. The van der Waals surface area contributed by atoms with E-state index in [0.717, 1.165) is 32.0 Å². The van der Waals surface area contributed by atoms with Gasteiger partial charge >= 0.3 is 6.16 Å². The Morgan fingerprint density at radius 1 is 1.33 bits per heavy atom. The van der Waals surface area contributed by atoms with Crippen LogP contribution in [0.2, 0.25) is 0 Å². The first-order valence-corrected chi connectivity index (χ1v) is 7.63. The molecule has 0 fully saturated rings. The lowest BCUT2D eigenvalue weighted by Gasteiger charge is -2.23. The predicted octanol–water partition coefficient (Wildman–Crippen LogP) is 3.34. The zero-order valence-corrected chi connectivity index (χ0v) is 14.1. The van der Waals surface area contributed by atoms with Gasteiger partial charge in [-0.05, 0) is 39.4 Å². The van der Waals surface area contributed by atoms with E-state index in [0.29, 0.717) is 6.42 Å². The minimum absolute atomic E-state index is 0.0770. The first-order valence-electron chi connectivity index (χ1n) is 7.63. The van der Waals surface area contributed by atoms with Crippen LogP contribution < -0.4 is 5.32 Å². The van der Waals surface area contributed by atoms with Gasteiger partial charge in [0.05, 0.1) is 7.11 Å². The summed E-state index contributed by atoms with van der Waals surface area (Å²) in [6.07, 6.45) is 8.23. The van der Waals surface area contributed by atoms with Crippen molar-refractivity contribution >= 4 is 12.4 Å². The van der Waals surface area contributed by atoms with Crippen molar-refractivity contribution in [3.05, 3.63) is 12.2 Å². The minimum Gasteiger partial charge on any atom is -0.438 e. The molecule has 0 aromatic heterocycles. The molecule has 1 aliphatic rings. The topological polar surface area (TPSA) is 64.6 Å². The fourth-order valence-electron chi connectivity index (χ4n) is 1.89. The van der Waals surface area contributed by atoms with E-state index in [9.17, 15) is 9.59 Å². The summed E-state index contributed by atoms with van der Waals surface area (Å²) in [4.78, 5) is 21.6. The zero-order valence-electron chi connectivity index (χ0n) is 14.1. The molecule has 0 aliphatic heterocycles. The average Bonchev–Trinajstić information content (AvgIpc) is 2.48. The lowest BCUT2D eigenvalue weighted by atomic mass is 9.90. The van der Waals surface area contributed by atoms with Crippen LogP contribution >= 0.6 is 0 Å². The van der Waals surface area contributed by atoms with E-state index in [1.165, 1.54) is 7.11 Å². The van der Waals surface area contributed by atoms with Crippen LogP contribution in [0, 0.1) is 5.92 Å². The highest BCUT2D eigenvalue weighted by atomic mass is 16.7. The molecule has 1 rings (SSSR count). The second kappa shape index (κ2) is 16.7. The van der Waals surface area contributed by atoms with Gasteiger partial charge in [-0.15, -0.1) is 0 Å². The van der Waals surface area contributed by atoms with Gasteiger partial charge in [-0.2, -0.15) is 0 Å². The molecule has 0 aromatic carbocycles. The Balaban J connectivity index is 0. The summed E-state index contributed by atoms with van der Waals surface area (Å²) in [5, 5.41) is 2.75. The monoisotopic (exact) mass is 301 g/mol. The molecule has 2 atom stereocenters. The van der Waals surface area contributed by atoms with Gasteiger partial charge in [-0.1, -0.05) is 26.3 Å². The molecule has 124 valence electrons. The smallest absolute Gasteiger partial charge is 0.438 e. The Hall–Kier alpha value is -1.36. The fourth-order valence-corrected chi connectivity index (χ4v) is 1.89. The van der Waals surface area contributed by atoms with Crippen LogP contribution in [0.4, 0.5) is 4.79 Å². The summed E-state index contributed by atoms with van der Waals surface area (Å²) in [5.74, 6) is 0.0770. The molecule has 5 nitrogen and oxygen atoms in total. The quantitative estimate of drug-likeness (QED) is 0.492. The molecule has 1 aliphatic carbocycles. The minimum atomic E-state index is -0.689. The first kappa shape index (κ1) is 21.9. The number of aldehydes is 1. The normalized spacial score (nSPS) is 22.0. The van der Waals surface area contributed by atoms with Crippen LogP contribution in [0.15, 0.2) is 12.2 Å². The lowest BCUT2D eigenvalue weighted by Crippen LogP contribution is -2.26. The maximum Gasteiger partial charge on any atom is 0.508 e. The second-order valence-corrected chi connectivity index (χ2v) is 4.41. The Morgan fingerprint density at radius 2 is 1.95 bits per heavy atom. The highest BCUT2D eigenvalue weighted by molar-refractivity contribution is 5.60. The van der Waals surface area contributed by atoms with Crippen LogP contribution in [0.1, 0.15) is 46.0 Å². The van der Waals surface area contributed by atoms with Crippen molar-refractivity contribution in [3.8, 4) is 0 Å². The molecular formula is C16H31NO4. The molecule has 1 N–H and O–H groups in total. The number of nitrogens with one attached hydrogen (secondary N) is 1. The average molecular weight is 301 g/mol. The van der Waals surface area contributed by atoms with Gasteiger partial charge in [0.1, 0.15) is 12.4 Å². The number of carbonyl (C=O) groups is 2. The third kappa shape index (κ3) is 12.1. The molecule has 5 heteroatoms. The van der Waals surface area contributed by atoms with Crippen molar-refractivity contribution in [2.45, 2.75) is 52.1 Å². The highest BCUT2D eigenvalue weighted by Crippen LogP contribution is 2.23. The third-order valence-electron chi connectivity index (χ3n) is 2.78. The van der Waals surface area contributed by atoms with E-state index in [-0.39, 0.29) is 12.0 Å². The Bertz CT molecular complexity index is 279. The number of carbonyl (C=O) groups excluding carboxylic acids is 2. The molecule has 0 bridgehead atoms. The lowest BCUT2D eigenvalue weighted by molar-refractivity contribution is -0.109. The number of hydrogen-bond acceptors (Lipinski definition) is 5. The SMILES string of the molecule is CC.CNC.COC(=O)OC1/C=C/CCCCC1CC=O. The van der Waals surface area contributed by atoms with Crippen LogP contribution in [0.5, 0.6) is 0 Å². The number of hydrogen-bond donors (Lipinski definition) is 1. The standard InChI is InChI=1S/C12H18O4.C2H7N.C2H6/c1-15-12(14)16-11-7-5-3-2-4-6-10(11)8-9-13;1-3-2;1-2/h5,7,9-11H,2-4,6,8H2,1H3;3H,1-2H3;1-2H3/b7-5+;;. The van der Waals surface area contributed by atoms with Crippen molar-refractivity contribution in [3.63, 3.8) is 0 Å². The third-order valence-corrected chi connectivity index (χ3v) is 2.78. The summed E-state index contributed by atoms with van der Waals surface area (Å²) < 4.78 is 9.60. The summed E-state index contributed by atoms with van der Waals surface area (Å²) >= 11 is 0. The number of methoxy groups -OCH3 is 1. The molecular weight excluding hydrogens is 270 g/mol. The molecule has 0 amide bonds. The van der Waals surface area contributed by atoms with Crippen molar-refractivity contribution in [2.24, 2.45) is 5.92 Å². The molecule has 0 radical (unpaired) electrons. The van der Waals surface area contributed by atoms with Crippen LogP contribution in [-0.2, 0) is 14.3 Å². The predicted molar refractivity (Wildman–Crippen MR) is 85.4 cm³/mol. The number of rotatable bonds is 3.